The van der Waals surface area contributed by atoms with Crippen molar-refractivity contribution < 1.29 is 19.7 Å². The molecule has 0 unspecified atom stereocenters. The molecule has 0 saturated carbocycles. The van der Waals surface area contributed by atoms with E-state index < -0.39 is 23.2 Å². The Bertz CT molecular complexity index is 510. The normalized spacial score (nSPS) is 12.3. The van der Waals surface area contributed by atoms with Gasteiger partial charge in [0.1, 0.15) is 0 Å². The highest BCUT2D eigenvalue weighted by atomic mass is 16.6. The standard InChI is InChI=1S/C13H20BNO5/c1-9-6-7-10(11(8-9)15(18)19)14(17)20-13(4,5)12(2,3)16/h6-8,16-17H,1-5H3. The van der Waals surface area contributed by atoms with Gasteiger partial charge in [-0.3, -0.25) is 10.1 Å². The number of aliphatic hydroxyl groups is 1. The van der Waals surface area contributed by atoms with E-state index in [1.165, 1.54) is 12.1 Å². The lowest BCUT2D eigenvalue weighted by Crippen LogP contribution is -2.53. The van der Waals surface area contributed by atoms with E-state index in [0.717, 1.165) is 5.56 Å². The Morgan fingerprint density at radius 2 is 1.85 bits per heavy atom. The average molecular weight is 281 g/mol. The van der Waals surface area contributed by atoms with Gasteiger partial charge in [0.25, 0.3) is 5.69 Å². The lowest BCUT2D eigenvalue weighted by atomic mass is 9.75. The fourth-order valence-corrected chi connectivity index (χ4v) is 1.51. The maximum Gasteiger partial charge on any atom is 0.498 e. The zero-order valence-electron chi connectivity index (χ0n) is 12.4. The van der Waals surface area contributed by atoms with Crippen LogP contribution in [0.25, 0.3) is 0 Å². The van der Waals surface area contributed by atoms with E-state index in [2.05, 4.69) is 0 Å². The summed E-state index contributed by atoms with van der Waals surface area (Å²) in [5.74, 6) is 0. The fraction of sp³-hybridized carbons (Fsp3) is 0.538. The molecule has 0 spiro atoms. The highest BCUT2D eigenvalue weighted by Gasteiger charge is 2.41. The van der Waals surface area contributed by atoms with Crippen LogP contribution >= 0.6 is 0 Å². The molecule has 110 valence electrons. The minimum atomic E-state index is -1.49. The number of benzene rings is 1. The number of hydrogen-bond donors (Lipinski definition) is 2. The molecule has 1 aromatic rings. The molecule has 6 nitrogen and oxygen atoms in total. The summed E-state index contributed by atoms with van der Waals surface area (Å²) < 4.78 is 5.42. The molecular formula is C13H20BNO5. The van der Waals surface area contributed by atoms with Crippen molar-refractivity contribution in [2.45, 2.75) is 45.8 Å². The molecule has 0 aliphatic heterocycles. The van der Waals surface area contributed by atoms with Crippen LogP contribution in [0.15, 0.2) is 18.2 Å². The first-order chi connectivity index (χ1) is 8.95. The molecule has 0 heterocycles. The topological polar surface area (TPSA) is 92.8 Å². The predicted molar refractivity (Wildman–Crippen MR) is 76.9 cm³/mol. The monoisotopic (exact) mass is 281 g/mol. The van der Waals surface area contributed by atoms with Gasteiger partial charge >= 0.3 is 7.12 Å². The van der Waals surface area contributed by atoms with Crippen molar-refractivity contribution in [3.63, 3.8) is 0 Å². The van der Waals surface area contributed by atoms with E-state index in [0.29, 0.717) is 0 Å². The SMILES string of the molecule is Cc1ccc(B(O)OC(C)(C)C(C)(C)O)c([N+](=O)[O-])c1. The fourth-order valence-electron chi connectivity index (χ4n) is 1.51. The number of rotatable bonds is 5. The lowest BCUT2D eigenvalue weighted by Gasteiger charge is -2.38. The summed E-state index contributed by atoms with van der Waals surface area (Å²) >= 11 is 0. The minimum absolute atomic E-state index is 0.0675. The summed E-state index contributed by atoms with van der Waals surface area (Å²) in [7, 11) is -1.49. The molecule has 0 amide bonds. The molecule has 0 aromatic heterocycles. The number of aryl methyl sites for hydroxylation is 1. The molecule has 1 aromatic carbocycles. The van der Waals surface area contributed by atoms with Crippen LogP contribution < -0.4 is 5.46 Å². The maximum atomic E-state index is 11.0. The van der Waals surface area contributed by atoms with Crippen molar-refractivity contribution in [3.8, 4) is 0 Å². The molecule has 0 bridgehead atoms. The van der Waals surface area contributed by atoms with E-state index in [4.69, 9.17) is 4.65 Å². The number of nitro benzene ring substituents is 1. The third-order valence-corrected chi connectivity index (χ3v) is 3.53. The molecule has 0 aliphatic rings. The average Bonchev–Trinajstić information content (AvgIpc) is 2.26. The van der Waals surface area contributed by atoms with Gasteiger partial charge < -0.3 is 14.8 Å². The zero-order valence-corrected chi connectivity index (χ0v) is 12.4. The van der Waals surface area contributed by atoms with Crippen LogP contribution in [-0.4, -0.2) is 33.4 Å². The molecule has 0 aliphatic carbocycles. The summed E-state index contributed by atoms with van der Waals surface area (Å²) in [6, 6.07) is 4.49. The third kappa shape index (κ3) is 3.56. The van der Waals surface area contributed by atoms with Gasteiger partial charge in [-0.1, -0.05) is 12.1 Å². The van der Waals surface area contributed by atoms with Crippen molar-refractivity contribution in [2.24, 2.45) is 0 Å². The second-order valence-corrected chi connectivity index (χ2v) is 5.86. The van der Waals surface area contributed by atoms with Gasteiger partial charge in [-0.2, -0.15) is 0 Å². The lowest BCUT2D eigenvalue weighted by molar-refractivity contribution is -0.383. The zero-order chi connectivity index (χ0) is 15.7. The highest BCUT2D eigenvalue weighted by Crippen LogP contribution is 2.26. The molecule has 0 fully saturated rings. The Morgan fingerprint density at radius 3 is 2.30 bits per heavy atom. The first kappa shape index (κ1) is 16.6. The second-order valence-electron chi connectivity index (χ2n) is 5.86. The van der Waals surface area contributed by atoms with Gasteiger partial charge in [0.05, 0.1) is 21.6 Å². The molecular weight excluding hydrogens is 261 g/mol. The Hall–Kier alpha value is -1.44. The Morgan fingerprint density at radius 1 is 1.30 bits per heavy atom. The second kappa shape index (κ2) is 5.51. The van der Waals surface area contributed by atoms with Gasteiger partial charge in [-0.15, -0.1) is 0 Å². The minimum Gasteiger partial charge on any atom is -0.423 e. The summed E-state index contributed by atoms with van der Waals surface area (Å²) in [6.45, 7) is 8.03. The molecule has 2 N–H and O–H groups in total. The van der Waals surface area contributed by atoms with E-state index in [1.54, 1.807) is 40.7 Å². The maximum absolute atomic E-state index is 11.0. The quantitative estimate of drug-likeness (QED) is 0.480. The Balaban J connectivity index is 3.10. The van der Waals surface area contributed by atoms with Gasteiger partial charge in [0.15, 0.2) is 0 Å². The van der Waals surface area contributed by atoms with Gasteiger partial charge in [0, 0.05) is 6.07 Å². The molecule has 20 heavy (non-hydrogen) atoms. The molecule has 0 atom stereocenters. The van der Waals surface area contributed by atoms with Crippen molar-refractivity contribution >= 4 is 18.3 Å². The van der Waals surface area contributed by atoms with E-state index in [-0.39, 0.29) is 11.2 Å². The van der Waals surface area contributed by atoms with Crippen LogP contribution in [0.3, 0.4) is 0 Å². The highest BCUT2D eigenvalue weighted by molar-refractivity contribution is 6.61. The summed E-state index contributed by atoms with van der Waals surface area (Å²) in [5.41, 5.74) is -1.71. The van der Waals surface area contributed by atoms with Gasteiger partial charge in [-0.25, -0.2) is 0 Å². The smallest absolute Gasteiger partial charge is 0.423 e. The Labute approximate surface area is 118 Å². The number of nitro groups is 1. The van der Waals surface area contributed by atoms with Crippen LogP contribution in [0.4, 0.5) is 5.69 Å². The van der Waals surface area contributed by atoms with Crippen LogP contribution in [0, 0.1) is 17.0 Å². The van der Waals surface area contributed by atoms with Crippen LogP contribution in [0.1, 0.15) is 33.3 Å². The van der Waals surface area contributed by atoms with E-state index in [1.807, 2.05) is 0 Å². The first-order valence-corrected chi connectivity index (χ1v) is 6.29. The molecule has 0 saturated heterocycles. The molecule has 7 heteroatoms. The summed E-state index contributed by atoms with van der Waals surface area (Å²) in [4.78, 5) is 10.5. The third-order valence-electron chi connectivity index (χ3n) is 3.53. The predicted octanol–water partition coefficient (Wildman–Crippen LogP) is 1.16. The first-order valence-electron chi connectivity index (χ1n) is 6.29. The van der Waals surface area contributed by atoms with E-state index >= 15 is 0 Å². The van der Waals surface area contributed by atoms with Crippen LogP contribution in [-0.2, 0) is 4.65 Å². The van der Waals surface area contributed by atoms with Crippen LogP contribution in [0.5, 0.6) is 0 Å². The Kier molecular flexibility index (Phi) is 4.58. The summed E-state index contributed by atoms with van der Waals surface area (Å²) in [6.07, 6.45) is 0. The molecule has 1 rings (SSSR count). The van der Waals surface area contributed by atoms with Crippen molar-refractivity contribution in [2.75, 3.05) is 0 Å². The van der Waals surface area contributed by atoms with Crippen molar-refractivity contribution in [1.29, 1.82) is 0 Å². The van der Waals surface area contributed by atoms with Gasteiger partial charge in [0.2, 0.25) is 0 Å². The molecule has 0 radical (unpaired) electrons. The number of nitrogens with zero attached hydrogens (tertiary/aromatic N) is 1. The summed E-state index contributed by atoms with van der Waals surface area (Å²) in [5, 5.41) is 31.1. The largest absolute Gasteiger partial charge is 0.498 e. The van der Waals surface area contributed by atoms with E-state index in [9.17, 15) is 20.2 Å². The van der Waals surface area contributed by atoms with Crippen molar-refractivity contribution in [1.82, 2.24) is 0 Å². The number of hydrogen-bond acceptors (Lipinski definition) is 5. The van der Waals surface area contributed by atoms with Gasteiger partial charge in [-0.05, 0) is 40.2 Å². The van der Waals surface area contributed by atoms with Crippen molar-refractivity contribution in [3.05, 3.63) is 33.9 Å². The van der Waals surface area contributed by atoms with Crippen LogP contribution in [0.2, 0.25) is 0 Å².